The van der Waals surface area contributed by atoms with Gasteiger partial charge in [-0.3, -0.25) is 4.79 Å². The number of unbranched alkanes of at least 4 members (excludes halogenated alkanes) is 18. The van der Waals surface area contributed by atoms with Crippen molar-refractivity contribution >= 4 is 5.91 Å². The van der Waals surface area contributed by atoms with E-state index < -0.39 is 61.2 Å². The van der Waals surface area contributed by atoms with Crippen LogP contribution in [-0.4, -0.2) is 104 Å². The zero-order chi connectivity index (χ0) is 36.4. The van der Waals surface area contributed by atoms with Gasteiger partial charge in [0.05, 0.1) is 25.4 Å². The first-order valence-electron chi connectivity index (χ1n) is 20.3. The number of nitrogens with one attached hydrogen (secondary N) is 1. The molecule has 0 aromatic rings. The first-order valence-corrected chi connectivity index (χ1v) is 20.3. The number of carbonyl (C=O) groups is 1. The smallest absolute Gasteiger partial charge is 0.220 e. The highest BCUT2D eigenvalue weighted by atomic mass is 19.1. The van der Waals surface area contributed by atoms with Gasteiger partial charge in [0.2, 0.25) is 5.91 Å². The van der Waals surface area contributed by atoms with E-state index in [0.717, 1.165) is 38.5 Å². The molecule has 0 aromatic carbocycles. The third-order valence-corrected chi connectivity index (χ3v) is 11.5. The van der Waals surface area contributed by atoms with E-state index in [4.69, 9.17) is 9.47 Å². The summed E-state index contributed by atoms with van der Waals surface area (Å²) in [5.74, 6) is -0.282. The van der Waals surface area contributed by atoms with Crippen LogP contribution in [0.4, 0.5) is 4.39 Å². The molecule has 294 valence electrons. The fourth-order valence-electron chi connectivity index (χ4n) is 8.33. The third kappa shape index (κ3) is 14.5. The molecule has 1 aliphatic heterocycles. The number of halogens is 1. The summed E-state index contributed by atoms with van der Waals surface area (Å²) in [6.45, 7) is 0.776. The van der Waals surface area contributed by atoms with Crippen LogP contribution in [0.15, 0.2) is 0 Å². The van der Waals surface area contributed by atoms with Gasteiger partial charge in [-0.2, -0.15) is 0 Å². The molecule has 3 saturated carbocycles. The number of alkyl halides is 1. The van der Waals surface area contributed by atoms with Crippen LogP contribution in [0.1, 0.15) is 167 Å². The highest BCUT2D eigenvalue weighted by Gasteiger charge is 2.68. The van der Waals surface area contributed by atoms with Crippen molar-refractivity contribution in [1.82, 2.24) is 5.32 Å². The zero-order valence-corrected chi connectivity index (χ0v) is 31.0. The third-order valence-electron chi connectivity index (χ3n) is 11.5. The topological polar surface area (TPSA) is 169 Å². The van der Waals surface area contributed by atoms with Crippen LogP contribution in [0, 0.1) is 5.41 Å². The molecule has 3 aliphatic carbocycles. The fraction of sp³-hybridized carbons (Fsp3) is 0.974. The van der Waals surface area contributed by atoms with E-state index in [2.05, 4.69) is 5.32 Å². The highest BCUT2D eigenvalue weighted by molar-refractivity contribution is 5.76. The summed E-state index contributed by atoms with van der Waals surface area (Å²) in [5, 5.41) is 63.0. The van der Waals surface area contributed by atoms with Crippen molar-refractivity contribution in [2.45, 2.75) is 222 Å². The average Bonchev–Trinajstić information content (AvgIpc) is 3.08. The molecule has 2 bridgehead atoms. The van der Waals surface area contributed by atoms with Crippen molar-refractivity contribution in [3.05, 3.63) is 0 Å². The second kappa shape index (κ2) is 23.0. The molecule has 5 unspecified atom stereocenters. The van der Waals surface area contributed by atoms with E-state index in [-0.39, 0.29) is 25.4 Å². The molecule has 8 atom stereocenters. The van der Waals surface area contributed by atoms with Crippen LogP contribution in [0.5, 0.6) is 0 Å². The Kier molecular flexibility index (Phi) is 20.0. The van der Waals surface area contributed by atoms with Gasteiger partial charge < -0.3 is 45.4 Å². The van der Waals surface area contributed by atoms with Crippen molar-refractivity contribution in [2.24, 2.45) is 5.41 Å². The van der Waals surface area contributed by atoms with Gasteiger partial charge in [0.25, 0.3) is 0 Å². The summed E-state index contributed by atoms with van der Waals surface area (Å²) >= 11 is 0. The number of ether oxygens (including phenoxy) is 2. The Labute approximate surface area is 300 Å². The van der Waals surface area contributed by atoms with Crippen molar-refractivity contribution in [1.29, 1.82) is 0 Å². The van der Waals surface area contributed by atoms with Crippen LogP contribution in [0.25, 0.3) is 0 Å². The minimum absolute atomic E-state index is 0.251. The molecule has 1 amide bonds. The Hall–Kier alpha value is -0.920. The lowest BCUT2D eigenvalue weighted by molar-refractivity contribution is -0.303. The molecule has 1 heterocycles. The van der Waals surface area contributed by atoms with E-state index >= 15 is 0 Å². The minimum Gasteiger partial charge on any atom is -0.394 e. The molecule has 1 saturated heterocycles. The summed E-state index contributed by atoms with van der Waals surface area (Å²) in [6.07, 6.45) is 18.5. The maximum Gasteiger partial charge on any atom is 0.220 e. The lowest BCUT2D eigenvalue weighted by Gasteiger charge is -2.66. The van der Waals surface area contributed by atoms with Crippen LogP contribution < -0.4 is 5.32 Å². The van der Waals surface area contributed by atoms with E-state index in [1.807, 2.05) is 0 Å². The monoisotopic (exact) mass is 718 g/mol. The normalized spacial score (nSPS) is 30.7. The molecule has 11 heteroatoms. The van der Waals surface area contributed by atoms with Gasteiger partial charge in [-0.1, -0.05) is 122 Å². The number of amides is 1. The van der Waals surface area contributed by atoms with Crippen LogP contribution in [0.2, 0.25) is 0 Å². The number of aliphatic hydroxyl groups is 6. The van der Waals surface area contributed by atoms with Crippen molar-refractivity contribution in [3.63, 3.8) is 0 Å². The Morgan fingerprint density at radius 3 is 1.66 bits per heavy atom. The molecule has 10 nitrogen and oxygen atoms in total. The summed E-state index contributed by atoms with van der Waals surface area (Å²) in [6, 6.07) is -0.989. The quantitative estimate of drug-likeness (QED) is 0.0475. The first kappa shape index (κ1) is 43.5. The van der Waals surface area contributed by atoms with Crippen molar-refractivity contribution in [2.75, 3.05) is 13.2 Å². The SMILES string of the molecule is CC[C@@H](O)[C@@H](O)[C@H](COC1OC(CO)C(O)C(O)C1O)NC(=O)CCCCCCCCCCCCCCCCCCCCCC12CC(F)(C1)C2. The second-order valence-corrected chi connectivity index (χ2v) is 16.1. The molecular formula is C39H72FNO9. The predicted molar refractivity (Wildman–Crippen MR) is 191 cm³/mol. The van der Waals surface area contributed by atoms with Gasteiger partial charge in [0.15, 0.2) is 6.29 Å². The lowest BCUT2D eigenvalue weighted by atomic mass is 9.41. The summed E-state index contributed by atoms with van der Waals surface area (Å²) in [5.41, 5.74) is -0.295. The Morgan fingerprint density at radius 2 is 1.22 bits per heavy atom. The number of hydrogen-bond acceptors (Lipinski definition) is 9. The average molecular weight is 718 g/mol. The van der Waals surface area contributed by atoms with Gasteiger partial charge in [0.1, 0.15) is 36.2 Å². The van der Waals surface area contributed by atoms with Crippen LogP contribution in [0.3, 0.4) is 0 Å². The predicted octanol–water partition coefficient (Wildman–Crippen LogP) is 5.50. The summed E-state index contributed by atoms with van der Waals surface area (Å²) in [7, 11) is 0. The Bertz CT molecular complexity index is 906. The van der Waals surface area contributed by atoms with Gasteiger partial charge in [0, 0.05) is 6.42 Å². The van der Waals surface area contributed by atoms with E-state index in [1.54, 1.807) is 6.92 Å². The van der Waals surface area contributed by atoms with Crippen molar-refractivity contribution < 1.29 is 49.3 Å². The van der Waals surface area contributed by atoms with Crippen LogP contribution >= 0.6 is 0 Å². The molecule has 7 N–H and O–H groups in total. The minimum atomic E-state index is -1.60. The number of aliphatic hydroxyl groups excluding tert-OH is 6. The van der Waals surface area contributed by atoms with E-state index in [0.29, 0.717) is 11.8 Å². The Balaban J connectivity index is 1.10. The zero-order valence-electron chi connectivity index (χ0n) is 31.0. The first-order chi connectivity index (χ1) is 24.0. The van der Waals surface area contributed by atoms with Crippen molar-refractivity contribution in [3.8, 4) is 0 Å². The van der Waals surface area contributed by atoms with Gasteiger partial charge in [-0.15, -0.1) is 0 Å². The second-order valence-electron chi connectivity index (χ2n) is 16.1. The maximum absolute atomic E-state index is 13.6. The van der Waals surface area contributed by atoms with Crippen LogP contribution in [-0.2, 0) is 14.3 Å². The van der Waals surface area contributed by atoms with E-state index in [1.165, 1.54) is 103 Å². The summed E-state index contributed by atoms with van der Waals surface area (Å²) in [4.78, 5) is 12.7. The number of rotatable bonds is 30. The number of carbonyl (C=O) groups excluding carboxylic acids is 1. The largest absolute Gasteiger partial charge is 0.394 e. The molecule has 50 heavy (non-hydrogen) atoms. The molecule has 4 rings (SSSR count). The molecular weight excluding hydrogens is 645 g/mol. The Morgan fingerprint density at radius 1 is 0.760 bits per heavy atom. The lowest BCUT2D eigenvalue weighted by Crippen LogP contribution is -2.64. The molecule has 0 radical (unpaired) electrons. The van der Waals surface area contributed by atoms with Gasteiger partial charge >= 0.3 is 0 Å². The number of hydrogen-bond donors (Lipinski definition) is 7. The highest BCUT2D eigenvalue weighted by Crippen LogP contribution is 2.71. The van der Waals surface area contributed by atoms with Gasteiger partial charge in [-0.05, 0) is 43.9 Å². The standard InChI is InChI=1S/C39H72FNO9/c1-2-30(43)33(45)29(25-49-37-36(48)35(47)34(46)31(24-42)50-37)41-32(44)22-20-18-16-14-12-10-8-6-4-3-5-7-9-11-13-15-17-19-21-23-38-26-39(40,27-38)28-38/h29-31,33-37,42-43,45-48H,2-28H2,1H3,(H,41,44)/t29-,30+,31?,33-,34?,35?,36?,37?,38?,39?/m0/s1. The maximum atomic E-state index is 13.6. The van der Waals surface area contributed by atoms with Gasteiger partial charge in [-0.25, -0.2) is 4.39 Å². The van der Waals surface area contributed by atoms with E-state index in [9.17, 15) is 39.8 Å². The molecule has 0 spiro atoms. The molecule has 0 aromatic heterocycles. The fourth-order valence-corrected chi connectivity index (χ4v) is 8.33. The summed E-state index contributed by atoms with van der Waals surface area (Å²) < 4.78 is 24.5. The molecule has 4 fully saturated rings. The molecule has 4 aliphatic rings.